The number of carbonyl (C=O) groups is 1. The Kier molecular flexibility index (Phi) is 6.77. The lowest BCUT2D eigenvalue weighted by atomic mass is 10.3. The van der Waals surface area contributed by atoms with E-state index in [2.05, 4.69) is 10.6 Å². The third-order valence-electron chi connectivity index (χ3n) is 2.62. The minimum absolute atomic E-state index is 0.00612. The van der Waals surface area contributed by atoms with Crippen LogP contribution in [0.25, 0.3) is 0 Å². The summed E-state index contributed by atoms with van der Waals surface area (Å²) in [6, 6.07) is 4.38. The first-order valence-corrected chi connectivity index (χ1v) is 9.19. The van der Waals surface area contributed by atoms with Crippen molar-refractivity contribution in [1.82, 2.24) is 10.6 Å². The number of hydrogen-bond acceptors (Lipinski definition) is 3. The van der Waals surface area contributed by atoms with E-state index in [1.807, 2.05) is 13.8 Å². The molecule has 22 heavy (non-hydrogen) atoms. The Bertz CT molecular complexity index is 635. The zero-order valence-electron chi connectivity index (χ0n) is 12.6. The minimum atomic E-state index is -3.56. The van der Waals surface area contributed by atoms with Crippen molar-refractivity contribution in [2.75, 3.05) is 23.7 Å². The highest BCUT2D eigenvalue weighted by atomic mass is 35.5. The van der Waals surface area contributed by atoms with Gasteiger partial charge in [-0.05, 0) is 26.0 Å². The highest BCUT2D eigenvalue weighted by Gasteiger charge is 2.21. The van der Waals surface area contributed by atoms with Crippen LogP contribution in [0.4, 0.5) is 10.5 Å². The molecule has 6 nitrogen and oxygen atoms in total. The van der Waals surface area contributed by atoms with Crippen LogP contribution in [-0.2, 0) is 10.0 Å². The van der Waals surface area contributed by atoms with Gasteiger partial charge in [-0.25, -0.2) is 13.2 Å². The zero-order valence-corrected chi connectivity index (χ0v) is 14.9. The Labute approximate surface area is 140 Å². The summed E-state index contributed by atoms with van der Waals surface area (Å²) in [6.07, 6.45) is 1.07. The van der Waals surface area contributed by atoms with Crippen LogP contribution in [0.3, 0.4) is 0 Å². The first-order valence-electron chi connectivity index (χ1n) is 6.59. The Hall–Kier alpha value is -1.18. The Morgan fingerprint density at radius 1 is 1.32 bits per heavy atom. The normalized spacial score (nSPS) is 11.4. The molecule has 0 saturated carbocycles. The van der Waals surface area contributed by atoms with Gasteiger partial charge in [-0.1, -0.05) is 29.3 Å². The van der Waals surface area contributed by atoms with Crippen LogP contribution >= 0.6 is 23.2 Å². The van der Waals surface area contributed by atoms with Crippen molar-refractivity contribution < 1.29 is 13.2 Å². The molecule has 0 fully saturated rings. The van der Waals surface area contributed by atoms with Gasteiger partial charge in [-0.2, -0.15) is 0 Å². The number of halogens is 2. The van der Waals surface area contributed by atoms with Gasteiger partial charge >= 0.3 is 6.03 Å². The SMILES string of the molecule is CC(C)NC(=O)NCCN(c1cccc(Cl)c1Cl)S(C)(=O)=O. The molecular formula is C13H19Cl2N3O3S. The molecule has 2 amide bonds. The molecule has 0 heterocycles. The predicted molar refractivity (Wildman–Crippen MR) is 90.3 cm³/mol. The fourth-order valence-corrected chi connectivity index (χ4v) is 3.11. The van der Waals surface area contributed by atoms with Crippen molar-refractivity contribution in [3.63, 3.8) is 0 Å². The lowest BCUT2D eigenvalue weighted by molar-refractivity contribution is 0.239. The fraction of sp³-hybridized carbons (Fsp3) is 0.462. The van der Waals surface area contributed by atoms with E-state index in [1.54, 1.807) is 18.2 Å². The van der Waals surface area contributed by atoms with E-state index in [4.69, 9.17) is 23.2 Å². The standard InChI is InChI=1S/C13H19Cl2N3O3S/c1-9(2)17-13(19)16-7-8-18(22(3,20)21)11-6-4-5-10(14)12(11)15/h4-6,9H,7-8H2,1-3H3,(H2,16,17,19). The van der Waals surface area contributed by atoms with E-state index in [0.29, 0.717) is 0 Å². The third kappa shape index (κ3) is 5.55. The fourth-order valence-electron chi connectivity index (χ4n) is 1.73. The molecule has 0 atom stereocenters. The van der Waals surface area contributed by atoms with Gasteiger partial charge in [0.15, 0.2) is 0 Å². The van der Waals surface area contributed by atoms with Crippen molar-refractivity contribution in [2.45, 2.75) is 19.9 Å². The first kappa shape index (κ1) is 18.9. The summed E-state index contributed by atoms with van der Waals surface area (Å²) in [5.41, 5.74) is 0.280. The number of nitrogens with zero attached hydrogens (tertiary/aromatic N) is 1. The number of carbonyl (C=O) groups excluding carboxylic acids is 1. The maximum absolute atomic E-state index is 11.9. The van der Waals surface area contributed by atoms with Crippen molar-refractivity contribution in [3.8, 4) is 0 Å². The van der Waals surface area contributed by atoms with Crippen LogP contribution in [0.2, 0.25) is 10.0 Å². The molecule has 1 aromatic rings. The molecule has 0 aliphatic rings. The summed E-state index contributed by atoms with van der Waals surface area (Å²) in [6.45, 7) is 3.83. The van der Waals surface area contributed by atoms with Crippen molar-refractivity contribution >= 4 is 44.9 Å². The summed E-state index contributed by atoms with van der Waals surface area (Å²) >= 11 is 12.0. The van der Waals surface area contributed by atoms with Crippen molar-refractivity contribution in [1.29, 1.82) is 0 Å². The van der Waals surface area contributed by atoms with Crippen molar-refractivity contribution in [3.05, 3.63) is 28.2 Å². The summed E-state index contributed by atoms with van der Waals surface area (Å²) in [7, 11) is -3.56. The molecule has 2 N–H and O–H groups in total. The number of anilines is 1. The molecule has 1 rings (SSSR count). The lowest BCUT2D eigenvalue weighted by Gasteiger charge is -2.24. The third-order valence-corrected chi connectivity index (χ3v) is 4.61. The second-order valence-corrected chi connectivity index (χ2v) is 7.65. The van der Waals surface area contributed by atoms with Crippen LogP contribution in [0.5, 0.6) is 0 Å². The molecular weight excluding hydrogens is 349 g/mol. The summed E-state index contributed by atoms with van der Waals surface area (Å²) < 4.78 is 25.0. The number of rotatable bonds is 6. The van der Waals surface area contributed by atoms with E-state index < -0.39 is 10.0 Å². The van der Waals surface area contributed by atoms with Crippen LogP contribution in [0.15, 0.2) is 18.2 Å². The Balaban J connectivity index is 2.84. The van der Waals surface area contributed by atoms with Crippen LogP contribution < -0.4 is 14.9 Å². The van der Waals surface area contributed by atoms with Gasteiger partial charge < -0.3 is 10.6 Å². The monoisotopic (exact) mass is 367 g/mol. The van der Waals surface area contributed by atoms with Crippen LogP contribution in [0, 0.1) is 0 Å². The number of hydrogen-bond donors (Lipinski definition) is 2. The van der Waals surface area contributed by atoms with Gasteiger partial charge in [0.1, 0.15) is 0 Å². The van der Waals surface area contributed by atoms with E-state index in [0.717, 1.165) is 10.6 Å². The van der Waals surface area contributed by atoms with Gasteiger partial charge in [-0.3, -0.25) is 4.31 Å². The van der Waals surface area contributed by atoms with Gasteiger partial charge in [0.2, 0.25) is 10.0 Å². The second kappa shape index (κ2) is 7.89. The molecule has 0 bridgehead atoms. The van der Waals surface area contributed by atoms with Crippen LogP contribution in [0.1, 0.15) is 13.8 Å². The molecule has 9 heteroatoms. The lowest BCUT2D eigenvalue weighted by Crippen LogP contribution is -2.44. The highest BCUT2D eigenvalue weighted by Crippen LogP contribution is 2.33. The average molecular weight is 368 g/mol. The molecule has 1 aromatic carbocycles. The molecule has 0 saturated heterocycles. The highest BCUT2D eigenvalue weighted by molar-refractivity contribution is 7.92. The van der Waals surface area contributed by atoms with E-state index in [-0.39, 0.29) is 40.9 Å². The van der Waals surface area contributed by atoms with Gasteiger partial charge in [0.25, 0.3) is 0 Å². The topological polar surface area (TPSA) is 78.5 Å². The average Bonchev–Trinajstić information content (AvgIpc) is 2.36. The van der Waals surface area contributed by atoms with Gasteiger partial charge in [0.05, 0.1) is 28.5 Å². The Morgan fingerprint density at radius 3 is 2.50 bits per heavy atom. The molecule has 0 unspecified atom stereocenters. The maximum Gasteiger partial charge on any atom is 0.315 e. The number of nitrogens with one attached hydrogen (secondary N) is 2. The van der Waals surface area contributed by atoms with E-state index in [9.17, 15) is 13.2 Å². The van der Waals surface area contributed by atoms with Gasteiger partial charge in [-0.15, -0.1) is 0 Å². The number of amides is 2. The predicted octanol–water partition coefficient (Wildman–Crippen LogP) is 2.47. The quantitative estimate of drug-likeness (QED) is 0.810. The minimum Gasteiger partial charge on any atom is -0.336 e. The van der Waals surface area contributed by atoms with Crippen LogP contribution in [-0.4, -0.2) is 39.8 Å². The zero-order chi connectivity index (χ0) is 16.9. The molecule has 124 valence electrons. The number of sulfonamides is 1. The molecule has 0 aromatic heterocycles. The first-order chi connectivity index (χ1) is 10.1. The van der Waals surface area contributed by atoms with Gasteiger partial charge in [0, 0.05) is 12.6 Å². The largest absolute Gasteiger partial charge is 0.336 e. The second-order valence-electron chi connectivity index (χ2n) is 4.96. The number of benzene rings is 1. The maximum atomic E-state index is 11.9. The number of urea groups is 1. The molecule has 0 radical (unpaired) electrons. The molecule has 0 spiro atoms. The summed E-state index contributed by atoms with van der Waals surface area (Å²) in [5.74, 6) is 0. The summed E-state index contributed by atoms with van der Waals surface area (Å²) in [5, 5.41) is 5.65. The molecule has 0 aliphatic carbocycles. The molecule has 0 aliphatic heterocycles. The van der Waals surface area contributed by atoms with Crippen molar-refractivity contribution in [2.24, 2.45) is 0 Å². The summed E-state index contributed by atoms with van der Waals surface area (Å²) in [4.78, 5) is 11.5. The Morgan fingerprint density at radius 2 is 1.95 bits per heavy atom. The van der Waals surface area contributed by atoms with E-state index in [1.165, 1.54) is 0 Å². The van der Waals surface area contributed by atoms with E-state index >= 15 is 0 Å². The smallest absolute Gasteiger partial charge is 0.315 e.